The number of nitrogens with one attached hydrogen (secondary N) is 1. The summed E-state index contributed by atoms with van der Waals surface area (Å²) in [5.74, 6) is -0.266. The molecule has 2 aromatic rings. The second-order valence-corrected chi connectivity index (χ2v) is 5.18. The summed E-state index contributed by atoms with van der Waals surface area (Å²) in [5.41, 5.74) is 0.549. The van der Waals surface area contributed by atoms with E-state index < -0.39 is 0 Å². The van der Waals surface area contributed by atoms with E-state index in [4.69, 9.17) is 5.26 Å². The molecule has 0 aliphatic heterocycles. The fraction of sp³-hybridized carbons (Fsp3) is 0.0909. The number of halogens is 2. The van der Waals surface area contributed by atoms with E-state index in [1.807, 2.05) is 6.07 Å². The molecule has 0 saturated carbocycles. The topological polar surface area (TPSA) is 48.7 Å². The number of hydrogen-bond donors (Lipinski definition) is 1. The smallest absolute Gasteiger partial charge is 0.184 e. The average molecular weight is 312 g/mol. The van der Waals surface area contributed by atoms with E-state index in [0.29, 0.717) is 22.1 Å². The molecule has 2 rings (SSSR count). The maximum atomic E-state index is 13.4. The molecular formula is C11H7BrFN3S. The lowest BCUT2D eigenvalue weighted by molar-refractivity contribution is 0.612. The van der Waals surface area contributed by atoms with Crippen molar-refractivity contribution in [2.24, 2.45) is 0 Å². The molecule has 3 nitrogen and oxygen atoms in total. The van der Waals surface area contributed by atoms with Gasteiger partial charge in [0.2, 0.25) is 0 Å². The minimum absolute atomic E-state index is 0.266. The maximum absolute atomic E-state index is 13.4. The molecule has 1 aromatic heterocycles. The van der Waals surface area contributed by atoms with Crippen LogP contribution in [0.15, 0.2) is 28.9 Å². The van der Waals surface area contributed by atoms with Crippen molar-refractivity contribution in [1.29, 1.82) is 5.26 Å². The van der Waals surface area contributed by atoms with Gasteiger partial charge < -0.3 is 5.32 Å². The predicted octanol–water partition coefficient (Wildman–Crippen LogP) is 3.53. The van der Waals surface area contributed by atoms with Crippen LogP contribution in [0.4, 0.5) is 9.52 Å². The van der Waals surface area contributed by atoms with Gasteiger partial charge in [0.15, 0.2) is 5.13 Å². The molecule has 0 aliphatic carbocycles. The maximum Gasteiger partial charge on any atom is 0.184 e. The highest BCUT2D eigenvalue weighted by Gasteiger charge is 2.05. The number of rotatable bonds is 3. The van der Waals surface area contributed by atoms with Crippen molar-refractivity contribution >= 4 is 32.4 Å². The summed E-state index contributed by atoms with van der Waals surface area (Å²) in [6, 6.07) is 6.77. The minimum atomic E-state index is -0.266. The number of hydrogen-bond acceptors (Lipinski definition) is 4. The normalized spacial score (nSPS) is 9.94. The monoisotopic (exact) mass is 311 g/mol. The van der Waals surface area contributed by atoms with E-state index in [1.165, 1.54) is 23.6 Å². The molecule has 0 aliphatic rings. The van der Waals surface area contributed by atoms with E-state index in [1.54, 1.807) is 12.1 Å². The third-order valence-corrected chi connectivity index (χ3v) is 3.41. The molecular weight excluding hydrogens is 305 g/mol. The molecule has 0 spiro atoms. The van der Waals surface area contributed by atoms with Crippen molar-refractivity contribution in [2.75, 3.05) is 5.32 Å². The van der Waals surface area contributed by atoms with E-state index in [9.17, 15) is 4.39 Å². The van der Waals surface area contributed by atoms with Crippen LogP contribution in [0.2, 0.25) is 0 Å². The zero-order chi connectivity index (χ0) is 12.3. The molecule has 86 valence electrons. The van der Waals surface area contributed by atoms with Crippen LogP contribution >= 0.6 is 27.3 Å². The van der Waals surface area contributed by atoms with Crippen molar-refractivity contribution in [3.8, 4) is 6.07 Å². The van der Waals surface area contributed by atoms with Gasteiger partial charge in [-0.15, -0.1) is 0 Å². The van der Waals surface area contributed by atoms with E-state index in [0.717, 1.165) is 4.47 Å². The van der Waals surface area contributed by atoms with Crippen LogP contribution in [0.3, 0.4) is 0 Å². The van der Waals surface area contributed by atoms with Crippen molar-refractivity contribution in [2.45, 2.75) is 6.54 Å². The Morgan fingerprint density at radius 1 is 1.53 bits per heavy atom. The van der Waals surface area contributed by atoms with Gasteiger partial charge in [-0.3, -0.25) is 0 Å². The summed E-state index contributed by atoms with van der Waals surface area (Å²) < 4.78 is 14.2. The van der Waals surface area contributed by atoms with Crippen molar-refractivity contribution in [3.05, 3.63) is 45.1 Å². The van der Waals surface area contributed by atoms with Crippen molar-refractivity contribution < 1.29 is 4.39 Å². The first-order valence-electron chi connectivity index (χ1n) is 4.73. The number of aromatic nitrogens is 1. The average Bonchev–Trinajstić information content (AvgIpc) is 2.78. The standard InChI is InChI=1S/C11H7BrFN3S/c12-8-1-2-10(13)7(3-8)5-15-11-16-6-9(4-14)17-11/h1-3,6H,5H2,(H,15,16). The molecule has 1 aromatic carbocycles. The number of nitrogens with zero attached hydrogens (tertiary/aromatic N) is 2. The molecule has 0 atom stereocenters. The molecule has 0 amide bonds. The molecule has 17 heavy (non-hydrogen) atoms. The quantitative estimate of drug-likeness (QED) is 0.943. The highest BCUT2D eigenvalue weighted by molar-refractivity contribution is 9.10. The number of thiazole rings is 1. The number of anilines is 1. The second-order valence-electron chi connectivity index (χ2n) is 3.23. The first kappa shape index (κ1) is 12.0. The summed E-state index contributed by atoms with van der Waals surface area (Å²) in [4.78, 5) is 4.53. The van der Waals surface area contributed by atoms with Gasteiger partial charge in [-0.2, -0.15) is 5.26 Å². The number of nitriles is 1. The van der Waals surface area contributed by atoms with E-state index in [2.05, 4.69) is 26.2 Å². The fourth-order valence-electron chi connectivity index (χ4n) is 1.26. The Balaban J connectivity index is 2.07. The number of benzene rings is 1. The van der Waals surface area contributed by atoms with Crippen LogP contribution in [0.5, 0.6) is 0 Å². The van der Waals surface area contributed by atoms with Crippen LogP contribution in [0, 0.1) is 17.1 Å². The summed E-state index contributed by atoms with van der Waals surface area (Å²) in [7, 11) is 0. The first-order valence-corrected chi connectivity index (χ1v) is 6.33. The molecule has 0 bridgehead atoms. The van der Waals surface area contributed by atoms with Gasteiger partial charge in [0, 0.05) is 16.6 Å². The third-order valence-electron chi connectivity index (χ3n) is 2.05. The lowest BCUT2D eigenvalue weighted by atomic mass is 10.2. The van der Waals surface area contributed by atoms with Crippen LogP contribution in [-0.4, -0.2) is 4.98 Å². The van der Waals surface area contributed by atoms with Crippen LogP contribution in [0.1, 0.15) is 10.4 Å². The molecule has 0 fully saturated rings. The van der Waals surface area contributed by atoms with Crippen molar-refractivity contribution in [1.82, 2.24) is 4.98 Å². The van der Waals surface area contributed by atoms with Crippen LogP contribution in [-0.2, 0) is 6.54 Å². The zero-order valence-corrected chi connectivity index (χ0v) is 11.0. The molecule has 1 N–H and O–H groups in total. The zero-order valence-electron chi connectivity index (χ0n) is 8.58. The molecule has 0 radical (unpaired) electrons. The highest BCUT2D eigenvalue weighted by Crippen LogP contribution is 2.20. The van der Waals surface area contributed by atoms with E-state index >= 15 is 0 Å². The summed E-state index contributed by atoms with van der Waals surface area (Å²) in [6.07, 6.45) is 1.49. The second kappa shape index (κ2) is 5.25. The largest absolute Gasteiger partial charge is 0.357 e. The van der Waals surface area contributed by atoms with E-state index in [-0.39, 0.29) is 5.82 Å². The van der Waals surface area contributed by atoms with Gasteiger partial charge in [0.1, 0.15) is 16.8 Å². The summed E-state index contributed by atoms with van der Waals surface area (Å²) in [5, 5.41) is 12.2. The van der Waals surface area contributed by atoms with Gasteiger partial charge >= 0.3 is 0 Å². The molecule has 6 heteroatoms. The molecule has 0 saturated heterocycles. The molecule has 1 heterocycles. The summed E-state index contributed by atoms with van der Waals surface area (Å²) in [6.45, 7) is 0.337. The predicted molar refractivity (Wildman–Crippen MR) is 68.3 cm³/mol. The Morgan fingerprint density at radius 3 is 3.06 bits per heavy atom. The Bertz CT molecular complexity index is 576. The fourth-order valence-corrected chi connectivity index (χ4v) is 2.27. The highest BCUT2D eigenvalue weighted by atomic mass is 79.9. The Kier molecular flexibility index (Phi) is 3.71. The Labute approximate surface area is 110 Å². The SMILES string of the molecule is N#Cc1cnc(NCc2cc(Br)ccc2F)s1. The molecule has 0 unspecified atom stereocenters. The van der Waals surface area contributed by atoms with Gasteiger partial charge in [0.05, 0.1) is 6.20 Å². The Morgan fingerprint density at radius 2 is 2.35 bits per heavy atom. The lowest BCUT2D eigenvalue weighted by Gasteiger charge is -2.04. The third kappa shape index (κ3) is 3.02. The lowest BCUT2D eigenvalue weighted by Crippen LogP contribution is -2.01. The van der Waals surface area contributed by atoms with Gasteiger partial charge in [0.25, 0.3) is 0 Å². The van der Waals surface area contributed by atoms with Gasteiger partial charge in [-0.1, -0.05) is 27.3 Å². The summed E-state index contributed by atoms with van der Waals surface area (Å²) >= 11 is 4.53. The first-order chi connectivity index (χ1) is 8.19. The van der Waals surface area contributed by atoms with Gasteiger partial charge in [-0.05, 0) is 18.2 Å². The van der Waals surface area contributed by atoms with Crippen LogP contribution in [0.25, 0.3) is 0 Å². The Hall–Kier alpha value is -1.45. The van der Waals surface area contributed by atoms with Gasteiger partial charge in [-0.25, -0.2) is 9.37 Å². The minimum Gasteiger partial charge on any atom is -0.357 e. The van der Waals surface area contributed by atoms with Crippen LogP contribution < -0.4 is 5.32 Å². The van der Waals surface area contributed by atoms with Crippen molar-refractivity contribution in [3.63, 3.8) is 0 Å².